The van der Waals surface area contributed by atoms with E-state index in [0.717, 1.165) is 0 Å². The van der Waals surface area contributed by atoms with Crippen molar-refractivity contribution in [2.24, 2.45) is 0 Å². The quantitative estimate of drug-likeness (QED) is 0.830. The molecule has 2 aromatic rings. The van der Waals surface area contributed by atoms with Crippen molar-refractivity contribution in [1.29, 1.82) is 0 Å². The fourth-order valence-electron chi connectivity index (χ4n) is 2.78. The van der Waals surface area contributed by atoms with Crippen LogP contribution in [-0.2, 0) is 14.8 Å². The summed E-state index contributed by atoms with van der Waals surface area (Å²) >= 11 is 0. The molecule has 1 fully saturated rings. The van der Waals surface area contributed by atoms with Crippen LogP contribution in [0.1, 0.15) is 19.8 Å². The summed E-state index contributed by atoms with van der Waals surface area (Å²) in [5.74, 6) is -0.635. The number of nitrogens with zero attached hydrogens (tertiary/aromatic N) is 1. The fourth-order valence-corrected chi connectivity index (χ4v) is 4.10. The molecule has 0 spiro atoms. The van der Waals surface area contributed by atoms with Gasteiger partial charge in [0.2, 0.25) is 10.0 Å². The van der Waals surface area contributed by atoms with Gasteiger partial charge >= 0.3 is 11.8 Å². The lowest BCUT2D eigenvalue weighted by Gasteiger charge is -2.31. The number of fused-ring (bicyclic) bond motifs is 1. The second-order valence-electron chi connectivity index (χ2n) is 5.75. The van der Waals surface area contributed by atoms with Gasteiger partial charge in [0.25, 0.3) is 0 Å². The SMILES string of the molecule is CCOC(=O)N1CCC(NS(=O)(=O)c2ccc3[nH]c(=O)oc3c2)CC1. The lowest BCUT2D eigenvalue weighted by atomic mass is 10.1. The molecule has 1 aromatic carbocycles. The Morgan fingerprint density at radius 2 is 2.12 bits per heavy atom. The molecule has 1 aliphatic rings. The predicted molar refractivity (Wildman–Crippen MR) is 88.8 cm³/mol. The molecule has 1 aliphatic heterocycles. The summed E-state index contributed by atoms with van der Waals surface area (Å²) in [6, 6.07) is 3.93. The van der Waals surface area contributed by atoms with Crippen LogP contribution in [0.2, 0.25) is 0 Å². The molecule has 25 heavy (non-hydrogen) atoms. The molecule has 2 heterocycles. The summed E-state index contributed by atoms with van der Waals surface area (Å²) in [7, 11) is -3.75. The minimum atomic E-state index is -3.75. The van der Waals surface area contributed by atoms with Gasteiger partial charge in [-0.1, -0.05) is 0 Å². The topological polar surface area (TPSA) is 122 Å². The van der Waals surface area contributed by atoms with Crippen molar-refractivity contribution in [1.82, 2.24) is 14.6 Å². The van der Waals surface area contributed by atoms with E-state index in [1.54, 1.807) is 11.8 Å². The van der Waals surface area contributed by atoms with Gasteiger partial charge in [0.15, 0.2) is 5.58 Å². The van der Waals surface area contributed by atoms with E-state index in [2.05, 4.69) is 9.71 Å². The number of aromatic amines is 1. The van der Waals surface area contributed by atoms with Crippen LogP contribution < -0.4 is 10.5 Å². The van der Waals surface area contributed by atoms with E-state index >= 15 is 0 Å². The summed E-state index contributed by atoms with van der Waals surface area (Å²) in [5, 5.41) is 0. The van der Waals surface area contributed by atoms with Gasteiger partial charge in [0.1, 0.15) is 0 Å². The first-order valence-electron chi connectivity index (χ1n) is 7.96. The zero-order valence-corrected chi connectivity index (χ0v) is 14.5. The van der Waals surface area contributed by atoms with Gasteiger partial charge in [-0.2, -0.15) is 0 Å². The number of aromatic nitrogens is 1. The van der Waals surface area contributed by atoms with Gasteiger partial charge in [-0.25, -0.2) is 22.7 Å². The van der Waals surface area contributed by atoms with Crippen molar-refractivity contribution in [2.75, 3.05) is 19.7 Å². The Labute approximate surface area is 144 Å². The third-order valence-electron chi connectivity index (χ3n) is 4.05. The van der Waals surface area contributed by atoms with Crippen molar-refractivity contribution in [3.63, 3.8) is 0 Å². The number of nitrogens with one attached hydrogen (secondary N) is 2. The van der Waals surface area contributed by atoms with Crippen LogP contribution >= 0.6 is 0 Å². The van der Waals surface area contributed by atoms with E-state index in [4.69, 9.17) is 9.15 Å². The van der Waals surface area contributed by atoms with Gasteiger partial charge < -0.3 is 14.1 Å². The predicted octanol–water partition coefficient (Wildman–Crippen LogP) is 1.02. The van der Waals surface area contributed by atoms with Crippen LogP contribution in [0, 0.1) is 0 Å². The Kier molecular flexibility index (Phi) is 4.82. The van der Waals surface area contributed by atoms with Gasteiger partial charge in [0, 0.05) is 25.2 Å². The van der Waals surface area contributed by atoms with Gasteiger partial charge in [-0.3, -0.25) is 4.98 Å². The molecule has 1 aromatic heterocycles. The van der Waals surface area contributed by atoms with Crippen molar-refractivity contribution < 1.29 is 22.4 Å². The number of hydrogen-bond donors (Lipinski definition) is 2. The lowest BCUT2D eigenvalue weighted by molar-refractivity contribution is 0.0966. The smallest absolute Gasteiger partial charge is 0.417 e. The summed E-state index contributed by atoms with van der Waals surface area (Å²) in [6.07, 6.45) is 0.621. The fraction of sp³-hybridized carbons (Fsp3) is 0.467. The van der Waals surface area contributed by atoms with E-state index < -0.39 is 15.8 Å². The second kappa shape index (κ2) is 6.89. The monoisotopic (exact) mass is 369 g/mol. The normalized spacial score (nSPS) is 16.3. The Hall–Kier alpha value is -2.33. The number of carbonyl (C=O) groups excluding carboxylic acids is 1. The number of sulfonamides is 1. The molecule has 0 atom stereocenters. The van der Waals surface area contributed by atoms with Crippen LogP contribution in [0.25, 0.3) is 11.1 Å². The Bertz CT molecular complexity index is 924. The molecule has 0 bridgehead atoms. The highest BCUT2D eigenvalue weighted by molar-refractivity contribution is 7.89. The molecular weight excluding hydrogens is 350 g/mol. The average Bonchev–Trinajstić information content (AvgIpc) is 2.94. The first-order chi connectivity index (χ1) is 11.9. The summed E-state index contributed by atoms with van der Waals surface area (Å²) in [6.45, 7) is 2.90. The zero-order valence-electron chi connectivity index (χ0n) is 13.6. The van der Waals surface area contributed by atoms with E-state index in [0.29, 0.717) is 38.1 Å². The van der Waals surface area contributed by atoms with Crippen LogP contribution in [0.5, 0.6) is 0 Å². The first kappa shape index (κ1) is 17.5. The molecule has 9 nitrogen and oxygen atoms in total. The van der Waals surface area contributed by atoms with Gasteiger partial charge in [-0.15, -0.1) is 0 Å². The second-order valence-corrected chi connectivity index (χ2v) is 7.47. The number of likely N-dealkylation sites (tertiary alicyclic amines) is 1. The maximum Gasteiger partial charge on any atom is 0.417 e. The standard InChI is InChI=1S/C15H19N3O6S/c1-2-23-15(20)18-7-5-10(6-8-18)17-25(21,22)11-3-4-12-13(9-11)24-14(19)16-12/h3-4,9-10,17H,2,5-8H2,1H3,(H,16,19). The molecule has 0 unspecified atom stereocenters. The highest BCUT2D eigenvalue weighted by Crippen LogP contribution is 2.19. The third kappa shape index (κ3) is 3.85. The number of hydrogen-bond acceptors (Lipinski definition) is 6. The number of rotatable bonds is 4. The molecule has 3 rings (SSSR count). The minimum absolute atomic E-state index is 0.0237. The van der Waals surface area contributed by atoms with E-state index in [9.17, 15) is 18.0 Å². The van der Waals surface area contributed by atoms with E-state index in [-0.39, 0.29) is 22.6 Å². The summed E-state index contributed by atoms with van der Waals surface area (Å²) in [5.41, 5.74) is 0.622. The van der Waals surface area contributed by atoms with E-state index in [1.165, 1.54) is 18.2 Å². The number of carbonyl (C=O) groups is 1. The van der Waals surface area contributed by atoms with Crippen LogP contribution in [0.4, 0.5) is 4.79 Å². The molecule has 0 radical (unpaired) electrons. The molecule has 0 saturated carbocycles. The molecule has 1 amide bonds. The highest BCUT2D eigenvalue weighted by atomic mass is 32.2. The first-order valence-corrected chi connectivity index (χ1v) is 9.44. The van der Waals surface area contributed by atoms with Crippen LogP contribution in [0.15, 0.2) is 32.3 Å². The van der Waals surface area contributed by atoms with E-state index in [1.807, 2.05) is 0 Å². The highest BCUT2D eigenvalue weighted by Gasteiger charge is 2.27. The number of amides is 1. The maximum absolute atomic E-state index is 12.5. The number of ether oxygens (including phenoxy) is 1. The van der Waals surface area contributed by atoms with Crippen molar-refractivity contribution in [3.8, 4) is 0 Å². The Morgan fingerprint density at radius 1 is 1.40 bits per heavy atom. The molecular formula is C15H19N3O6S. The number of oxazole rings is 1. The zero-order chi connectivity index (χ0) is 18.0. The Balaban J connectivity index is 1.67. The molecule has 10 heteroatoms. The number of benzene rings is 1. The summed E-state index contributed by atoms with van der Waals surface area (Å²) < 4.78 is 37.5. The minimum Gasteiger partial charge on any atom is -0.450 e. The molecule has 2 N–H and O–H groups in total. The maximum atomic E-state index is 12.5. The molecule has 1 saturated heterocycles. The van der Waals surface area contributed by atoms with Crippen LogP contribution in [-0.4, -0.2) is 50.1 Å². The van der Waals surface area contributed by atoms with Crippen molar-refractivity contribution >= 4 is 27.2 Å². The Morgan fingerprint density at radius 3 is 2.80 bits per heavy atom. The largest absolute Gasteiger partial charge is 0.450 e. The van der Waals surface area contributed by atoms with Crippen LogP contribution in [0.3, 0.4) is 0 Å². The molecule has 136 valence electrons. The third-order valence-corrected chi connectivity index (χ3v) is 5.56. The lowest BCUT2D eigenvalue weighted by Crippen LogP contribution is -2.46. The van der Waals surface area contributed by atoms with Gasteiger partial charge in [0.05, 0.1) is 17.0 Å². The number of piperidine rings is 1. The molecule has 0 aliphatic carbocycles. The van der Waals surface area contributed by atoms with Gasteiger partial charge in [-0.05, 0) is 31.9 Å². The summed E-state index contributed by atoms with van der Waals surface area (Å²) in [4.78, 5) is 26.9. The van der Waals surface area contributed by atoms with Crippen molar-refractivity contribution in [3.05, 3.63) is 28.7 Å². The number of H-pyrrole nitrogens is 1. The van der Waals surface area contributed by atoms with Crippen molar-refractivity contribution in [2.45, 2.75) is 30.7 Å². The average molecular weight is 369 g/mol.